The Hall–Kier alpha value is -3.91. The van der Waals surface area contributed by atoms with Crippen molar-refractivity contribution in [3.8, 4) is 11.5 Å². The standard InChI is InChI=1S/C25H27N3O5/c1-17(18-9-10-22(23(15-18)32-3)33-13-12-31-2)27-24(29)19-6-4-8-21(14-19)28-25(30)20-7-5-11-26-16-20/h4-11,14-17H,12-13H2,1-3H3,(H,27,29)(H,28,30). The molecule has 0 saturated heterocycles. The number of pyridine rings is 1. The van der Waals surface area contributed by atoms with E-state index < -0.39 is 0 Å². The molecular formula is C25H27N3O5. The van der Waals surface area contributed by atoms with Gasteiger partial charge in [0.25, 0.3) is 11.8 Å². The number of hydrogen-bond acceptors (Lipinski definition) is 6. The number of carbonyl (C=O) groups is 2. The van der Waals surface area contributed by atoms with Gasteiger partial charge in [0.1, 0.15) is 6.61 Å². The van der Waals surface area contributed by atoms with Crippen LogP contribution in [0.25, 0.3) is 0 Å². The van der Waals surface area contributed by atoms with Crippen molar-refractivity contribution >= 4 is 17.5 Å². The second-order valence-corrected chi connectivity index (χ2v) is 7.22. The number of carbonyl (C=O) groups excluding carboxylic acids is 2. The molecule has 0 spiro atoms. The molecule has 1 aromatic heterocycles. The van der Waals surface area contributed by atoms with Crippen molar-refractivity contribution in [1.82, 2.24) is 10.3 Å². The predicted molar refractivity (Wildman–Crippen MR) is 125 cm³/mol. The molecule has 0 aliphatic heterocycles. The van der Waals surface area contributed by atoms with Gasteiger partial charge in [-0.2, -0.15) is 0 Å². The van der Waals surface area contributed by atoms with Crippen molar-refractivity contribution in [3.63, 3.8) is 0 Å². The first-order valence-electron chi connectivity index (χ1n) is 10.4. The highest BCUT2D eigenvalue weighted by molar-refractivity contribution is 6.05. The van der Waals surface area contributed by atoms with E-state index in [-0.39, 0.29) is 17.9 Å². The fourth-order valence-corrected chi connectivity index (χ4v) is 3.11. The summed E-state index contributed by atoms with van der Waals surface area (Å²) in [5.74, 6) is 0.618. The van der Waals surface area contributed by atoms with E-state index in [1.165, 1.54) is 6.20 Å². The van der Waals surface area contributed by atoms with Crippen molar-refractivity contribution < 1.29 is 23.8 Å². The number of rotatable bonds is 10. The van der Waals surface area contributed by atoms with E-state index >= 15 is 0 Å². The summed E-state index contributed by atoms with van der Waals surface area (Å²) in [4.78, 5) is 29.1. The third-order valence-electron chi connectivity index (χ3n) is 4.89. The Kier molecular flexibility index (Phi) is 8.37. The number of hydrogen-bond donors (Lipinski definition) is 2. The maximum atomic E-state index is 12.8. The Morgan fingerprint density at radius 1 is 0.939 bits per heavy atom. The molecule has 3 aromatic rings. The van der Waals surface area contributed by atoms with Gasteiger partial charge in [0.2, 0.25) is 0 Å². The lowest BCUT2D eigenvalue weighted by Crippen LogP contribution is -2.26. The molecule has 1 atom stereocenters. The molecule has 2 amide bonds. The van der Waals surface area contributed by atoms with Gasteiger partial charge in [-0.05, 0) is 55.0 Å². The second-order valence-electron chi connectivity index (χ2n) is 7.22. The molecule has 1 unspecified atom stereocenters. The third-order valence-corrected chi connectivity index (χ3v) is 4.89. The lowest BCUT2D eigenvalue weighted by atomic mass is 10.1. The molecule has 0 aliphatic carbocycles. The van der Waals surface area contributed by atoms with E-state index in [0.717, 1.165) is 5.56 Å². The van der Waals surface area contributed by atoms with E-state index in [0.29, 0.717) is 41.5 Å². The van der Waals surface area contributed by atoms with Crippen molar-refractivity contribution in [3.05, 3.63) is 83.7 Å². The molecule has 0 bridgehead atoms. The molecular weight excluding hydrogens is 422 g/mol. The highest BCUT2D eigenvalue weighted by Crippen LogP contribution is 2.30. The van der Waals surface area contributed by atoms with E-state index in [2.05, 4.69) is 15.6 Å². The Morgan fingerprint density at radius 2 is 1.76 bits per heavy atom. The lowest BCUT2D eigenvalue weighted by Gasteiger charge is -2.17. The van der Waals surface area contributed by atoms with Crippen LogP contribution in [0.4, 0.5) is 5.69 Å². The number of nitrogens with one attached hydrogen (secondary N) is 2. The van der Waals surface area contributed by atoms with Gasteiger partial charge in [-0.25, -0.2) is 0 Å². The molecule has 0 fully saturated rings. The number of nitrogens with zero attached hydrogens (tertiary/aromatic N) is 1. The van der Waals surface area contributed by atoms with Gasteiger partial charge in [-0.15, -0.1) is 0 Å². The number of amides is 2. The van der Waals surface area contributed by atoms with Crippen LogP contribution in [0.3, 0.4) is 0 Å². The zero-order valence-corrected chi connectivity index (χ0v) is 18.8. The molecule has 172 valence electrons. The summed E-state index contributed by atoms with van der Waals surface area (Å²) in [6.07, 6.45) is 3.08. The second kappa shape index (κ2) is 11.6. The van der Waals surface area contributed by atoms with E-state index in [1.807, 2.05) is 19.1 Å². The zero-order valence-electron chi connectivity index (χ0n) is 18.8. The molecule has 33 heavy (non-hydrogen) atoms. The van der Waals surface area contributed by atoms with E-state index in [4.69, 9.17) is 14.2 Å². The molecule has 8 nitrogen and oxygen atoms in total. The molecule has 0 saturated carbocycles. The smallest absolute Gasteiger partial charge is 0.257 e. The minimum Gasteiger partial charge on any atom is -0.493 e. The maximum Gasteiger partial charge on any atom is 0.257 e. The summed E-state index contributed by atoms with van der Waals surface area (Å²) in [6, 6.07) is 15.3. The van der Waals surface area contributed by atoms with Crippen molar-refractivity contribution in [2.45, 2.75) is 13.0 Å². The summed E-state index contributed by atoms with van der Waals surface area (Å²) in [7, 11) is 3.18. The van der Waals surface area contributed by atoms with Crippen molar-refractivity contribution in [1.29, 1.82) is 0 Å². The van der Waals surface area contributed by atoms with Gasteiger partial charge < -0.3 is 24.8 Å². The molecule has 2 aromatic carbocycles. The van der Waals surface area contributed by atoms with Gasteiger partial charge in [-0.3, -0.25) is 14.6 Å². The summed E-state index contributed by atoms with van der Waals surface area (Å²) >= 11 is 0. The average Bonchev–Trinajstić information content (AvgIpc) is 2.85. The van der Waals surface area contributed by atoms with Crippen LogP contribution in [0.5, 0.6) is 11.5 Å². The van der Waals surface area contributed by atoms with E-state index in [1.54, 1.807) is 62.9 Å². The summed E-state index contributed by atoms with van der Waals surface area (Å²) in [5.41, 5.74) is 2.24. The topological polar surface area (TPSA) is 98.8 Å². The monoisotopic (exact) mass is 449 g/mol. The normalized spacial score (nSPS) is 11.4. The molecule has 0 aliphatic rings. The first-order valence-corrected chi connectivity index (χ1v) is 10.4. The summed E-state index contributed by atoms with van der Waals surface area (Å²) in [6.45, 7) is 2.76. The molecule has 1 heterocycles. The van der Waals surface area contributed by atoms with Crippen molar-refractivity contribution in [2.75, 3.05) is 32.8 Å². The predicted octanol–water partition coefficient (Wildman–Crippen LogP) is 3.86. The van der Waals surface area contributed by atoms with Crippen LogP contribution in [0.2, 0.25) is 0 Å². The number of methoxy groups -OCH3 is 2. The van der Waals surface area contributed by atoms with Gasteiger partial charge in [0.05, 0.1) is 25.3 Å². The lowest BCUT2D eigenvalue weighted by molar-refractivity contribution is 0.0938. The van der Waals surface area contributed by atoms with Crippen LogP contribution >= 0.6 is 0 Å². The zero-order chi connectivity index (χ0) is 23.6. The molecule has 3 rings (SSSR count). The quantitative estimate of drug-likeness (QED) is 0.456. The van der Waals surface area contributed by atoms with Crippen molar-refractivity contribution in [2.24, 2.45) is 0 Å². The van der Waals surface area contributed by atoms with Crippen LogP contribution in [0, 0.1) is 0 Å². The Labute approximate surface area is 192 Å². The largest absolute Gasteiger partial charge is 0.493 e. The van der Waals surface area contributed by atoms with Gasteiger partial charge in [0.15, 0.2) is 11.5 Å². The maximum absolute atomic E-state index is 12.8. The van der Waals surface area contributed by atoms with Crippen LogP contribution in [0.15, 0.2) is 67.0 Å². The van der Waals surface area contributed by atoms with Gasteiger partial charge in [-0.1, -0.05) is 12.1 Å². The van der Waals surface area contributed by atoms with E-state index in [9.17, 15) is 9.59 Å². The number of aromatic nitrogens is 1. The van der Waals surface area contributed by atoms with Gasteiger partial charge in [0, 0.05) is 30.8 Å². The average molecular weight is 450 g/mol. The highest BCUT2D eigenvalue weighted by atomic mass is 16.5. The Morgan fingerprint density at radius 3 is 2.48 bits per heavy atom. The van der Waals surface area contributed by atoms with Crippen LogP contribution in [-0.2, 0) is 4.74 Å². The van der Waals surface area contributed by atoms with Crippen LogP contribution in [-0.4, -0.2) is 44.2 Å². The summed E-state index contributed by atoms with van der Waals surface area (Å²) < 4.78 is 16.1. The Balaban J connectivity index is 1.66. The minimum absolute atomic E-state index is 0.264. The third kappa shape index (κ3) is 6.54. The number of ether oxygens (including phenoxy) is 3. The molecule has 8 heteroatoms. The minimum atomic E-state index is -0.297. The van der Waals surface area contributed by atoms with Crippen LogP contribution < -0.4 is 20.1 Å². The first kappa shape index (κ1) is 23.7. The van der Waals surface area contributed by atoms with Gasteiger partial charge >= 0.3 is 0 Å². The fraction of sp³-hybridized carbons (Fsp3) is 0.240. The molecule has 2 N–H and O–H groups in total. The first-order chi connectivity index (χ1) is 16.0. The summed E-state index contributed by atoms with van der Waals surface area (Å²) in [5, 5.41) is 5.75. The Bertz CT molecular complexity index is 1090. The SMILES string of the molecule is COCCOc1ccc(C(C)NC(=O)c2cccc(NC(=O)c3cccnc3)c2)cc1OC. The highest BCUT2D eigenvalue weighted by Gasteiger charge is 2.15. The fourth-order valence-electron chi connectivity index (χ4n) is 3.11. The van der Waals surface area contributed by atoms with Crippen LogP contribution in [0.1, 0.15) is 39.2 Å². The number of benzene rings is 2. The number of anilines is 1. The molecule has 0 radical (unpaired) electrons.